The molecule has 0 aromatic carbocycles. The first kappa shape index (κ1) is 9.53. The van der Waals surface area contributed by atoms with E-state index in [1.54, 1.807) is 0 Å². The molecule has 3 rings (SSSR count). The van der Waals surface area contributed by atoms with Gasteiger partial charge in [-0.15, -0.1) is 0 Å². The highest BCUT2D eigenvalue weighted by atomic mass is 16.8. The Balaban J connectivity index is 1.96. The van der Waals surface area contributed by atoms with Crippen LogP contribution in [0.25, 0.3) is 0 Å². The Labute approximate surface area is 85.4 Å². The van der Waals surface area contributed by atoms with Gasteiger partial charge in [0.1, 0.15) is 5.60 Å². The van der Waals surface area contributed by atoms with E-state index in [1.165, 1.54) is 0 Å². The van der Waals surface area contributed by atoms with Crippen LogP contribution in [0.15, 0.2) is 0 Å². The molecule has 3 heterocycles. The van der Waals surface area contributed by atoms with Gasteiger partial charge in [-0.3, -0.25) is 0 Å². The van der Waals surface area contributed by atoms with E-state index in [4.69, 9.17) is 4.74 Å². The number of hydrogen-bond acceptors (Lipinski definition) is 6. The van der Waals surface area contributed by atoms with E-state index in [0.29, 0.717) is 25.7 Å². The van der Waals surface area contributed by atoms with Gasteiger partial charge in [0.2, 0.25) is 0 Å². The number of carbonyl (C=O) groups excluding carboxylic acids is 1. The SMILES string of the molecule is O=C1OC1(O)C(O)(O)C12CCC(CC1)O2. The van der Waals surface area contributed by atoms with Gasteiger partial charge in [0.15, 0.2) is 0 Å². The standard InChI is InChI=1S/C9H12O6/c10-6-8(11,15-6)9(12,13)7-3-1-5(14-7)2-4-7/h5,11-13H,1-4H2. The molecule has 0 amide bonds. The van der Waals surface area contributed by atoms with E-state index >= 15 is 0 Å². The highest BCUT2D eigenvalue weighted by molar-refractivity contribution is 5.92. The minimum absolute atomic E-state index is 0.00104. The molecule has 0 aromatic rings. The number of carbonyl (C=O) groups is 1. The molecule has 3 fully saturated rings. The summed E-state index contributed by atoms with van der Waals surface area (Å²) in [5.41, 5.74) is -1.25. The van der Waals surface area contributed by atoms with Crippen molar-refractivity contribution in [1.82, 2.24) is 0 Å². The highest BCUT2D eigenvalue weighted by Crippen LogP contribution is 2.55. The van der Waals surface area contributed by atoms with Gasteiger partial charge in [0.05, 0.1) is 6.10 Å². The Hall–Kier alpha value is -0.690. The van der Waals surface area contributed by atoms with Gasteiger partial charge in [-0.05, 0) is 25.7 Å². The minimum atomic E-state index is -2.65. The van der Waals surface area contributed by atoms with Crippen LogP contribution in [-0.4, -0.2) is 44.6 Å². The molecule has 15 heavy (non-hydrogen) atoms. The zero-order chi connectivity index (χ0) is 10.9. The fourth-order valence-electron chi connectivity index (χ4n) is 2.67. The van der Waals surface area contributed by atoms with Crippen molar-refractivity contribution in [1.29, 1.82) is 0 Å². The van der Waals surface area contributed by atoms with Crippen LogP contribution in [0.5, 0.6) is 0 Å². The van der Waals surface area contributed by atoms with E-state index in [1.807, 2.05) is 0 Å². The molecule has 0 spiro atoms. The summed E-state index contributed by atoms with van der Waals surface area (Å²) >= 11 is 0. The fourth-order valence-corrected chi connectivity index (χ4v) is 2.67. The van der Waals surface area contributed by atoms with Crippen molar-refractivity contribution in [2.24, 2.45) is 0 Å². The van der Waals surface area contributed by atoms with E-state index < -0.39 is 23.1 Å². The van der Waals surface area contributed by atoms with Crippen molar-refractivity contribution in [2.45, 2.75) is 49.0 Å². The molecule has 6 heteroatoms. The van der Waals surface area contributed by atoms with Crippen LogP contribution in [0.1, 0.15) is 25.7 Å². The topological polar surface area (TPSA) is 99.5 Å². The van der Waals surface area contributed by atoms with E-state index in [0.717, 1.165) is 0 Å². The predicted molar refractivity (Wildman–Crippen MR) is 44.3 cm³/mol. The summed E-state index contributed by atoms with van der Waals surface area (Å²) in [4.78, 5) is 10.8. The lowest BCUT2D eigenvalue weighted by Crippen LogP contribution is -2.62. The number of aliphatic hydroxyl groups is 3. The number of cyclic esters (lactones) is 1. The van der Waals surface area contributed by atoms with E-state index in [9.17, 15) is 20.1 Å². The van der Waals surface area contributed by atoms with Gasteiger partial charge >= 0.3 is 11.8 Å². The van der Waals surface area contributed by atoms with Crippen LogP contribution in [0.4, 0.5) is 0 Å². The largest absolute Gasteiger partial charge is 0.412 e. The van der Waals surface area contributed by atoms with Crippen molar-refractivity contribution >= 4 is 5.97 Å². The van der Waals surface area contributed by atoms with Crippen molar-refractivity contribution in [3.63, 3.8) is 0 Å². The zero-order valence-electron chi connectivity index (χ0n) is 7.97. The number of epoxide rings is 1. The number of hydrogen-bond donors (Lipinski definition) is 3. The van der Waals surface area contributed by atoms with Crippen LogP contribution in [0.2, 0.25) is 0 Å². The van der Waals surface area contributed by atoms with Crippen molar-refractivity contribution in [3.05, 3.63) is 0 Å². The normalized spacial score (nSPS) is 48.2. The van der Waals surface area contributed by atoms with Gasteiger partial charge in [-0.2, -0.15) is 0 Å². The Morgan fingerprint density at radius 2 is 1.87 bits per heavy atom. The molecule has 0 aliphatic carbocycles. The molecule has 0 aromatic heterocycles. The molecule has 6 nitrogen and oxygen atoms in total. The molecule has 3 aliphatic heterocycles. The zero-order valence-corrected chi connectivity index (χ0v) is 7.97. The summed E-state index contributed by atoms with van der Waals surface area (Å²) in [6.07, 6.45) is 2.27. The van der Waals surface area contributed by atoms with Crippen molar-refractivity contribution < 1.29 is 29.6 Å². The third-order valence-corrected chi connectivity index (χ3v) is 3.72. The quantitative estimate of drug-likeness (QED) is 0.389. The monoisotopic (exact) mass is 216 g/mol. The minimum Gasteiger partial charge on any atom is -0.412 e. The summed E-state index contributed by atoms with van der Waals surface area (Å²) in [5, 5.41) is 29.3. The van der Waals surface area contributed by atoms with Gasteiger partial charge in [0.25, 0.3) is 5.79 Å². The van der Waals surface area contributed by atoms with E-state index in [2.05, 4.69) is 4.74 Å². The molecule has 3 saturated heterocycles. The second kappa shape index (κ2) is 2.35. The first-order valence-electron chi connectivity index (χ1n) is 5.00. The van der Waals surface area contributed by atoms with Gasteiger partial charge in [-0.1, -0.05) is 0 Å². The third-order valence-electron chi connectivity index (χ3n) is 3.72. The molecule has 0 saturated carbocycles. The van der Waals surface area contributed by atoms with Crippen LogP contribution in [0.3, 0.4) is 0 Å². The maximum atomic E-state index is 10.8. The molecule has 3 aliphatic rings. The maximum absolute atomic E-state index is 10.8. The fraction of sp³-hybridized carbons (Fsp3) is 0.889. The maximum Gasteiger partial charge on any atom is 0.389 e. The Morgan fingerprint density at radius 1 is 1.33 bits per heavy atom. The number of rotatable bonds is 2. The van der Waals surface area contributed by atoms with Crippen molar-refractivity contribution in [3.8, 4) is 0 Å². The molecule has 3 N–H and O–H groups in total. The molecule has 2 bridgehead atoms. The Kier molecular flexibility index (Phi) is 1.49. The smallest absolute Gasteiger partial charge is 0.389 e. The average molecular weight is 216 g/mol. The van der Waals surface area contributed by atoms with Gasteiger partial charge < -0.3 is 24.8 Å². The third kappa shape index (κ3) is 0.908. The van der Waals surface area contributed by atoms with Crippen LogP contribution < -0.4 is 0 Å². The Morgan fingerprint density at radius 3 is 2.20 bits per heavy atom. The summed E-state index contributed by atoms with van der Waals surface area (Å²) < 4.78 is 9.71. The molecule has 1 atom stereocenters. The summed E-state index contributed by atoms with van der Waals surface area (Å²) in [6, 6.07) is 0. The van der Waals surface area contributed by atoms with Crippen molar-refractivity contribution in [2.75, 3.05) is 0 Å². The second-order valence-corrected chi connectivity index (χ2v) is 4.52. The second-order valence-electron chi connectivity index (χ2n) is 4.52. The average Bonchev–Trinajstić information content (AvgIpc) is 2.63. The lowest BCUT2D eigenvalue weighted by atomic mass is 9.79. The van der Waals surface area contributed by atoms with Gasteiger partial charge in [0, 0.05) is 0 Å². The summed E-state index contributed by atoms with van der Waals surface area (Å²) in [5.74, 6) is -6.16. The predicted octanol–water partition coefficient (Wildman–Crippen LogP) is -1.38. The molecule has 0 radical (unpaired) electrons. The molecule has 1 unspecified atom stereocenters. The molecular weight excluding hydrogens is 204 g/mol. The molecular formula is C9H12O6. The number of ether oxygens (including phenoxy) is 2. The molecule has 84 valence electrons. The van der Waals surface area contributed by atoms with Gasteiger partial charge in [-0.25, -0.2) is 4.79 Å². The van der Waals surface area contributed by atoms with Crippen LogP contribution >= 0.6 is 0 Å². The summed E-state index contributed by atoms with van der Waals surface area (Å²) in [6.45, 7) is 0. The van der Waals surface area contributed by atoms with E-state index in [-0.39, 0.29) is 6.10 Å². The van der Waals surface area contributed by atoms with Crippen LogP contribution in [-0.2, 0) is 14.3 Å². The highest BCUT2D eigenvalue weighted by Gasteiger charge is 2.80. The van der Waals surface area contributed by atoms with Crippen LogP contribution in [0, 0.1) is 0 Å². The summed E-state index contributed by atoms with van der Waals surface area (Å²) in [7, 11) is 0. The lowest BCUT2D eigenvalue weighted by Gasteiger charge is -2.37. The first-order chi connectivity index (χ1) is 6.91. The first-order valence-corrected chi connectivity index (χ1v) is 5.00. The number of fused-ring (bicyclic) bond motifs is 2. The Bertz CT molecular complexity index is 329. The lowest BCUT2D eigenvalue weighted by molar-refractivity contribution is -0.341.